The number of benzene rings is 2. The molecule has 4 aromatic rings. The third-order valence-electron chi connectivity index (χ3n) is 4.15. The SMILES string of the molecule is CC(=O)Nc1ccc(Cc2nc(-c3ccc4c(c3)oc(=O)n4C)no2)cc1. The van der Waals surface area contributed by atoms with E-state index in [1.54, 1.807) is 19.2 Å². The van der Waals surface area contributed by atoms with Crippen molar-refractivity contribution >= 4 is 22.7 Å². The molecule has 0 aliphatic heterocycles. The molecule has 0 unspecified atom stereocenters. The van der Waals surface area contributed by atoms with E-state index in [2.05, 4.69) is 15.5 Å². The normalized spacial score (nSPS) is 11.0. The fourth-order valence-electron chi connectivity index (χ4n) is 2.80. The Bertz CT molecular complexity index is 1180. The molecule has 1 N–H and O–H groups in total. The molecule has 0 radical (unpaired) electrons. The fourth-order valence-corrected chi connectivity index (χ4v) is 2.80. The van der Waals surface area contributed by atoms with Crippen LogP contribution in [0.4, 0.5) is 5.69 Å². The zero-order chi connectivity index (χ0) is 19.0. The van der Waals surface area contributed by atoms with Gasteiger partial charge in [-0.15, -0.1) is 0 Å². The summed E-state index contributed by atoms with van der Waals surface area (Å²) in [6, 6.07) is 12.7. The highest BCUT2D eigenvalue weighted by molar-refractivity contribution is 5.88. The molecular formula is C19H16N4O4. The largest absolute Gasteiger partial charge is 0.419 e. The lowest BCUT2D eigenvalue weighted by molar-refractivity contribution is -0.114. The van der Waals surface area contributed by atoms with E-state index in [0.29, 0.717) is 34.8 Å². The maximum atomic E-state index is 11.6. The van der Waals surface area contributed by atoms with Crippen molar-refractivity contribution in [2.45, 2.75) is 13.3 Å². The van der Waals surface area contributed by atoms with Crippen molar-refractivity contribution in [3.8, 4) is 11.4 Å². The number of nitrogens with zero attached hydrogens (tertiary/aromatic N) is 3. The summed E-state index contributed by atoms with van der Waals surface area (Å²) in [6.07, 6.45) is 0.468. The molecule has 27 heavy (non-hydrogen) atoms. The first-order chi connectivity index (χ1) is 13.0. The molecule has 4 rings (SSSR count). The van der Waals surface area contributed by atoms with E-state index in [-0.39, 0.29) is 5.91 Å². The molecule has 0 atom stereocenters. The van der Waals surface area contributed by atoms with Crippen LogP contribution in [-0.2, 0) is 18.3 Å². The van der Waals surface area contributed by atoms with Crippen molar-refractivity contribution in [1.82, 2.24) is 14.7 Å². The number of aromatic nitrogens is 3. The van der Waals surface area contributed by atoms with Crippen molar-refractivity contribution in [2.75, 3.05) is 5.32 Å². The summed E-state index contributed by atoms with van der Waals surface area (Å²) in [5.41, 5.74) is 3.58. The Morgan fingerprint density at radius 3 is 2.70 bits per heavy atom. The number of nitrogens with one attached hydrogen (secondary N) is 1. The molecule has 0 aliphatic carbocycles. The molecule has 0 spiro atoms. The van der Waals surface area contributed by atoms with Crippen LogP contribution in [-0.4, -0.2) is 20.6 Å². The second-order valence-electron chi connectivity index (χ2n) is 6.18. The third-order valence-corrected chi connectivity index (χ3v) is 4.15. The van der Waals surface area contributed by atoms with E-state index in [1.165, 1.54) is 11.5 Å². The number of oxazole rings is 1. The summed E-state index contributed by atoms with van der Waals surface area (Å²) in [7, 11) is 1.65. The average molecular weight is 364 g/mol. The summed E-state index contributed by atoms with van der Waals surface area (Å²) in [5, 5.41) is 6.72. The van der Waals surface area contributed by atoms with Gasteiger partial charge in [0, 0.05) is 25.2 Å². The van der Waals surface area contributed by atoms with Gasteiger partial charge in [-0.05, 0) is 35.9 Å². The van der Waals surface area contributed by atoms with Crippen LogP contribution in [0.15, 0.2) is 56.2 Å². The van der Waals surface area contributed by atoms with Crippen molar-refractivity contribution in [1.29, 1.82) is 0 Å². The molecule has 2 aromatic carbocycles. The summed E-state index contributed by atoms with van der Waals surface area (Å²) in [5.74, 6) is 0.356. The molecule has 2 aromatic heterocycles. The minimum atomic E-state index is -0.418. The fraction of sp³-hybridized carbons (Fsp3) is 0.158. The zero-order valence-electron chi connectivity index (χ0n) is 14.7. The van der Waals surface area contributed by atoms with Crippen molar-refractivity contribution in [3.05, 3.63) is 64.5 Å². The number of hydrogen-bond donors (Lipinski definition) is 1. The molecule has 8 nitrogen and oxygen atoms in total. The van der Waals surface area contributed by atoms with Crippen molar-refractivity contribution in [2.24, 2.45) is 7.05 Å². The number of carbonyl (C=O) groups excluding carboxylic acids is 1. The maximum Gasteiger partial charge on any atom is 0.419 e. The first kappa shape index (κ1) is 16.8. The molecular weight excluding hydrogens is 348 g/mol. The minimum Gasteiger partial charge on any atom is -0.408 e. The van der Waals surface area contributed by atoms with Crippen LogP contribution in [0.3, 0.4) is 0 Å². The zero-order valence-corrected chi connectivity index (χ0v) is 14.7. The summed E-state index contributed by atoms with van der Waals surface area (Å²) in [4.78, 5) is 27.1. The summed E-state index contributed by atoms with van der Waals surface area (Å²) in [6.45, 7) is 1.46. The lowest BCUT2D eigenvalue weighted by Crippen LogP contribution is -2.08. The van der Waals surface area contributed by atoms with Gasteiger partial charge in [0.1, 0.15) is 0 Å². The predicted molar refractivity (Wildman–Crippen MR) is 98.3 cm³/mol. The van der Waals surface area contributed by atoms with Gasteiger partial charge >= 0.3 is 5.76 Å². The van der Waals surface area contributed by atoms with E-state index in [1.807, 2.05) is 30.3 Å². The van der Waals surface area contributed by atoms with E-state index < -0.39 is 5.76 Å². The van der Waals surface area contributed by atoms with Gasteiger partial charge in [-0.25, -0.2) is 4.79 Å². The standard InChI is InChI=1S/C19H16N4O4/c1-11(24)20-14-6-3-12(4-7-14)9-17-21-18(22-27-17)13-5-8-15-16(10-13)26-19(25)23(15)2/h3-8,10H,9H2,1-2H3,(H,20,24). The van der Waals surface area contributed by atoms with Gasteiger partial charge in [-0.2, -0.15) is 4.98 Å². The Balaban J connectivity index is 1.54. The van der Waals surface area contributed by atoms with Gasteiger partial charge in [0.15, 0.2) is 5.58 Å². The molecule has 136 valence electrons. The molecule has 2 heterocycles. The highest BCUT2D eigenvalue weighted by atomic mass is 16.5. The number of aryl methyl sites for hydroxylation is 1. The number of carbonyl (C=O) groups is 1. The van der Waals surface area contributed by atoms with Crippen LogP contribution in [0, 0.1) is 0 Å². The molecule has 0 saturated heterocycles. The van der Waals surface area contributed by atoms with E-state index in [9.17, 15) is 9.59 Å². The lowest BCUT2D eigenvalue weighted by Gasteiger charge is -2.02. The van der Waals surface area contributed by atoms with Gasteiger partial charge in [0.25, 0.3) is 0 Å². The van der Waals surface area contributed by atoms with Crippen LogP contribution < -0.4 is 11.1 Å². The number of amides is 1. The summed E-state index contributed by atoms with van der Waals surface area (Å²) >= 11 is 0. The van der Waals surface area contributed by atoms with E-state index in [0.717, 1.165) is 11.3 Å². The quantitative estimate of drug-likeness (QED) is 0.597. The Morgan fingerprint density at radius 2 is 1.96 bits per heavy atom. The number of anilines is 1. The number of hydrogen-bond acceptors (Lipinski definition) is 6. The van der Waals surface area contributed by atoms with Gasteiger partial charge in [0.2, 0.25) is 17.6 Å². The first-order valence-electron chi connectivity index (χ1n) is 8.28. The van der Waals surface area contributed by atoms with Crippen LogP contribution in [0.25, 0.3) is 22.5 Å². The van der Waals surface area contributed by atoms with Crippen molar-refractivity contribution < 1.29 is 13.7 Å². The average Bonchev–Trinajstić information content (AvgIpc) is 3.21. The molecule has 0 aliphatic rings. The Kier molecular flexibility index (Phi) is 4.08. The van der Waals surface area contributed by atoms with Crippen molar-refractivity contribution in [3.63, 3.8) is 0 Å². The van der Waals surface area contributed by atoms with E-state index >= 15 is 0 Å². The van der Waals surface area contributed by atoms with Crippen LogP contribution in [0.2, 0.25) is 0 Å². The van der Waals surface area contributed by atoms with Crippen LogP contribution in [0.1, 0.15) is 18.4 Å². The second-order valence-corrected chi connectivity index (χ2v) is 6.18. The number of fused-ring (bicyclic) bond motifs is 1. The molecule has 0 saturated carbocycles. The Morgan fingerprint density at radius 1 is 1.19 bits per heavy atom. The smallest absolute Gasteiger partial charge is 0.408 e. The molecule has 1 amide bonds. The highest BCUT2D eigenvalue weighted by Crippen LogP contribution is 2.22. The first-order valence-corrected chi connectivity index (χ1v) is 8.28. The van der Waals surface area contributed by atoms with Gasteiger partial charge < -0.3 is 14.3 Å². The molecule has 0 fully saturated rings. The Hall–Kier alpha value is -3.68. The molecule has 0 bridgehead atoms. The van der Waals surface area contributed by atoms with Gasteiger partial charge in [0.05, 0.1) is 11.9 Å². The molecule has 8 heteroatoms. The van der Waals surface area contributed by atoms with Crippen LogP contribution in [0.5, 0.6) is 0 Å². The maximum absolute atomic E-state index is 11.6. The summed E-state index contributed by atoms with van der Waals surface area (Å²) < 4.78 is 12.0. The lowest BCUT2D eigenvalue weighted by atomic mass is 10.1. The van der Waals surface area contributed by atoms with Crippen LogP contribution >= 0.6 is 0 Å². The van der Waals surface area contributed by atoms with E-state index in [4.69, 9.17) is 8.94 Å². The monoisotopic (exact) mass is 364 g/mol. The van der Waals surface area contributed by atoms with Gasteiger partial charge in [-0.1, -0.05) is 17.3 Å². The topological polar surface area (TPSA) is 103 Å². The highest BCUT2D eigenvalue weighted by Gasteiger charge is 2.13. The Labute approximate surface area is 153 Å². The third kappa shape index (κ3) is 3.37. The minimum absolute atomic E-state index is 0.115. The predicted octanol–water partition coefficient (Wildman–Crippen LogP) is 2.73. The second kappa shape index (κ2) is 6.56. The van der Waals surface area contributed by atoms with Gasteiger partial charge in [-0.3, -0.25) is 9.36 Å². The number of rotatable bonds is 4.